The molecule has 2 N–H and O–H groups in total. The predicted molar refractivity (Wildman–Crippen MR) is 108 cm³/mol. The summed E-state index contributed by atoms with van der Waals surface area (Å²) in [6.45, 7) is 3.87. The van der Waals surface area contributed by atoms with Crippen molar-refractivity contribution in [2.75, 3.05) is 13.1 Å². The maximum absolute atomic E-state index is 12.9. The van der Waals surface area contributed by atoms with Crippen LogP contribution in [0.1, 0.15) is 34.5 Å². The van der Waals surface area contributed by atoms with Crippen molar-refractivity contribution in [1.29, 1.82) is 0 Å². The molecule has 4 rings (SSSR count). The summed E-state index contributed by atoms with van der Waals surface area (Å²) in [5.41, 5.74) is 2.48. The number of fused-ring (bicyclic) bond motifs is 1. The second kappa shape index (κ2) is 7.94. The Labute approximate surface area is 163 Å². The molecule has 144 valence electrons. The molecule has 0 radical (unpaired) electrons. The lowest BCUT2D eigenvalue weighted by atomic mass is 10.1. The molecule has 0 saturated carbocycles. The van der Waals surface area contributed by atoms with Gasteiger partial charge in [-0.3, -0.25) is 9.59 Å². The van der Waals surface area contributed by atoms with Gasteiger partial charge < -0.3 is 10.2 Å². The Bertz CT molecular complexity index is 1070. The number of benzene rings is 2. The van der Waals surface area contributed by atoms with Gasteiger partial charge in [-0.15, -0.1) is 0 Å². The zero-order chi connectivity index (χ0) is 19.5. The van der Waals surface area contributed by atoms with Crippen LogP contribution in [0, 0.1) is 0 Å². The molecule has 0 atom stereocenters. The molecule has 28 heavy (non-hydrogen) atoms. The first-order valence-electron chi connectivity index (χ1n) is 9.78. The van der Waals surface area contributed by atoms with Gasteiger partial charge in [-0.2, -0.15) is 5.10 Å². The fourth-order valence-electron chi connectivity index (χ4n) is 3.95. The molecule has 0 unspecified atom stereocenters. The van der Waals surface area contributed by atoms with Gasteiger partial charge in [0.25, 0.3) is 11.5 Å². The minimum Gasteiger partial charge on any atom is -0.347 e. The molecule has 6 heteroatoms. The van der Waals surface area contributed by atoms with Crippen molar-refractivity contribution < 1.29 is 9.69 Å². The lowest BCUT2D eigenvalue weighted by molar-refractivity contribution is -0.901. The molecule has 1 saturated heterocycles. The van der Waals surface area contributed by atoms with E-state index in [0.29, 0.717) is 17.3 Å². The Balaban J connectivity index is 1.55. The number of carbonyl (C=O) groups is 1. The van der Waals surface area contributed by atoms with Gasteiger partial charge >= 0.3 is 0 Å². The summed E-state index contributed by atoms with van der Waals surface area (Å²) in [5.74, 6) is -0.268. The van der Waals surface area contributed by atoms with Gasteiger partial charge in [-0.05, 0) is 11.6 Å². The Morgan fingerprint density at radius 2 is 1.68 bits per heavy atom. The van der Waals surface area contributed by atoms with E-state index in [9.17, 15) is 9.59 Å². The van der Waals surface area contributed by atoms with Crippen molar-refractivity contribution in [3.63, 3.8) is 0 Å². The fraction of sp³-hybridized carbons (Fsp3) is 0.318. The van der Waals surface area contributed by atoms with Crippen LogP contribution in [0.2, 0.25) is 0 Å². The van der Waals surface area contributed by atoms with Crippen molar-refractivity contribution >= 4 is 16.7 Å². The highest BCUT2D eigenvalue weighted by Crippen LogP contribution is 2.14. The molecule has 1 aliphatic rings. The maximum atomic E-state index is 12.9. The van der Waals surface area contributed by atoms with Crippen molar-refractivity contribution in [3.05, 3.63) is 75.7 Å². The number of aryl methyl sites for hydroxylation is 1. The van der Waals surface area contributed by atoms with E-state index in [1.807, 2.05) is 12.1 Å². The highest BCUT2D eigenvalue weighted by molar-refractivity contribution is 6.04. The topological polar surface area (TPSA) is 68.4 Å². The van der Waals surface area contributed by atoms with Gasteiger partial charge in [0.2, 0.25) is 0 Å². The van der Waals surface area contributed by atoms with Crippen molar-refractivity contribution in [3.8, 4) is 0 Å². The summed E-state index contributed by atoms with van der Waals surface area (Å²) in [7, 11) is 1.57. The maximum Gasteiger partial charge on any atom is 0.274 e. The van der Waals surface area contributed by atoms with Gasteiger partial charge in [-0.1, -0.05) is 42.5 Å². The minimum absolute atomic E-state index is 0.203. The smallest absolute Gasteiger partial charge is 0.274 e. The average Bonchev–Trinajstić information content (AvgIpc) is 3.23. The number of hydrogen-bond donors (Lipinski definition) is 2. The predicted octanol–water partition coefficient (Wildman–Crippen LogP) is 1.04. The highest BCUT2D eigenvalue weighted by atomic mass is 16.2. The van der Waals surface area contributed by atoms with Gasteiger partial charge in [0.05, 0.1) is 18.5 Å². The van der Waals surface area contributed by atoms with Gasteiger partial charge in [0.15, 0.2) is 5.69 Å². The Morgan fingerprint density at radius 1 is 1.04 bits per heavy atom. The van der Waals surface area contributed by atoms with Crippen LogP contribution >= 0.6 is 0 Å². The molecule has 0 bridgehead atoms. The lowest BCUT2D eigenvalue weighted by Gasteiger charge is -2.16. The number of amides is 1. The highest BCUT2D eigenvalue weighted by Gasteiger charge is 2.18. The summed E-state index contributed by atoms with van der Waals surface area (Å²) < 4.78 is 1.22. The van der Waals surface area contributed by atoms with Crippen LogP contribution in [-0.4, -0.2) is 28.8 Å². The van der Waals surface area contributed by atoms with Crippen LogP contribution in [0.15, 0.2) is 53.3 Å². The average molecular weight is 377 g/mol. The summed E-state index contributed by atoms with van der Waals surface area (Å²) >= 11 is 0. The number of nitrogens with zero attached hydrogens (tertiary/aromatic N) is 2. The van der Waals surface area contributed by atoms with Crippen molar-refractivity contribution in [2.24, 2.45) is 7.05 Å². The Kier molecular flexibility index (Phi) is 5.21. The first kappa shape index (κ1) is 18.4. The molecule has 3 aromatic rings. The summed E-state index contributed by atoms with van der Waals surface area (Å²) in [6.07, 6.45) is 2.58. The van der Waals surface area contributed by atoms with E-state index in [1.54, 1.807) is 30.1 Å². The zero-order valence-electron chi connectivity index (χ0n) is 16.1. The molecule has 1 aromatic heterocycles. The third-order valence-corrected chi connectivity index (χ3v) is 5.48. The van der Waals surface area contributed by atoms with Crippen LogP contribution in [0.4, 0.5) is 0 Å². The molecular formula is C22H25N4O2+. The van der Waals surface area contributed by atoms with Gasteiger partial charge in [0.1, 0.15) is 6.54 Å². The lowest BCUT2D eigenvalue weighted by Crippen LogP contribution is -3.08. The van der Waals surface area contributed by atoms with E-state index < -0.39 is 0 Å². The molecule has 0 aliphatic carbocycles. The zero-order valence-corrected chi connectivity index (χ0v) is 16.1. The number of rotatable bonds is 5. The van der Waals surface area contributed by atoms with E-state index in [4.69, 9.17) is 0 Å². The number of quaternary nitrogens is 1. The first-order chi connectivity index (χ1) is 13.6. The number of likely N-dealkylation sites (tertiary alicyclic amines) is 1. The van der Waals surface area contributed by atoms with Gasteiger partial charge in [-0.25, -0.2) is 4.68 Å². The molecule has 1 fully saturated rings. The summed E-state index contributed by atoms with van der Waals surface area (Å²) in [5, 5.41) is 8.28. The van der Waals surface area contributed by atoms with E-state index in [-0.39, 0.29) is 17.2 Å². The van der Waals surface area contributed by atoms with E-state index in [2.05, 4.69) is 28.6 Å². The van der Waals surface area contributed by atoms with Crippen LogP contribution in [0.25, 0.3) is 10.8 Å². The summed E-state index contributed by atoms with van der Waals surface area (Å²) in [6, 6.07) is 15.4. The number of carbonyl (C=O) groups excluding carboxylic acids is 1. The number of hydrogen-bond acceptors (Lipinski definition) is 3. The van der Waals surface area contributed by atoms with Crippen LogP contribution in [0.5, 0.6) is 0 Å². The monoisotopic (exact) mass is 377 g/mol. The number of nitrogens with one attached hydrogen (secondary N) is 2. The molecule has 2 heterocycles. The van der Waals surface area contributed by atoms with Crippen molar-refractivity contribution in [2.45, 2.75) is 25.9 Å². The quantitative estimate of drug-likeness (QED) is 0.698. The molecule has 1 amide bonds. The molecule has 1 aliphatic heterocycles. The van der Waals surface area contributed by atoms with Crippen molar-refractivity contribution in [1.82, 2.24) is 15.1 Å². The molecular weight excluding hydrogens is 352 g/mol. The Hall–Kier alpha value is -2.99. The molecule has 2 aromatic carbocycles. The Morgan fingerprint density at radius 3 is 2.43 bits per heavy atom. The van der Waals surface area contributed by atoms with Gasteiger partial charge in [0, 0.05) is 37.4 Å². The third-order valence-electron chi connectivity index (χ3n) is 5.48. The third kappa shape index (κ3) is 3.68. The van der Waals surface area contributed by atoms with Crippen LogP contribution in [-0.2, 0) is 20.1 Å². The van der Waals surface area contributed by atoms with Crippen LogP contribution in [0.3, 0.4) is 0 Å². The van der Waals surface area contributed by atoms with E-state index in [1.165, 1.54) is 36.2 Å². The summed E-state index contributed by atoms with van der Waals surface area (Å²) in [4.78, 5) is 26.7. The normalized spacial score (nSPS) is 14.5. The van der Waals surface area contributed by atoms with Crippen LogP contribution < -0.4 is 15.8 Å². The van der Waals surface area contributed by atoms with E-state index in [0.717, 1.165) is 12.1 Å². The standard InChI is InChI=1S/C22H24N4O2/c1-25-22(28)19-11-5-4-10-18(19)20(24-25)21(27)23-14-16-8-2-3-9-17(16)15-26-12-6-7-13-26/h2-5,8-11H,6-7,12-15H2,1H3,(H,23,27)/p+1. The number of aromatic nitrogens is 2. The molecule has 6 nitrogen and oxygen atoms in total. The first-order valence-corrected chi connectivity index (χ1v) is 9.78. The minimum atomic E-state index is -0.268. The molecule has 0 spiro atoms. The second-order valence-electron chi connectivity index (χ2n) is 7.41. The largest absolute Gasteiger partial charge is 0.347 e. The fourth-order valence-corrected chi connectivity index (χ4v) is 3.95. The second-order valence-corrected chi connectivity index (χ2v) is 7.41. The van der Waals surface area contributed by atoms with E-state index >= 15 is 0 Å². The SMILES string of the molecule is Cn1nc(C(=O)NCc2ccccc2C[NH+]2CCCC2)c2ccccc2c1=O.